The molecule has 3 N–H and O–H groups in total. The van der Waals surface area contributed by atoms with Gasteiger partial charge < -0.3 is 19.8 Å². The molecule has 0 aromatic rings. The number of quaternary nitrogens is 1. The highest BCUT2D eigenvalue weighted by Gasteiger charge is 2.27. The fraction of sp³-hybridized carbons (Fsp3) is 0.784. The Balaban J connectivity index is 4.34. The summed E-state index contributed by atoms with van der Waals surface area (Å²) in [7, 11) is 1.53. The zero-order chi connectivity index (χ0) is 44.3. The summed E-state index contributed by atoms with van der Waals surface area (Å²) in [6.45, 7) is 4.65. The third-order valence-electron chi connectivity index (χ3n) is 10.7. The van der Waals surface area contributed by atoms with Crippen LogP contribution in [0.25, 0.3) is 0 Å². The molecule has 0 heterocycles. The molecule has 0 fully saturated rings. The summed E-state index contributed by atoms with van der Waals surface area (Å²) in [5.41, 5.74) is 0. The van der Waals surface area contributed by atoms with Crippen LogP contribution in [0.4, 0.5) is 0 Å². The molecule has 0 spiro atoms. The van der Waals surface area contributed by atoms with Gasteiger partial charge in [0.15, 0.2) is 0 Å². The number of likely N-dealkylation sites (N-methyl/N-ethyl adjacent to an activating group) is 1. The van der Waals surface area contributed by atoms with Crippen molar-refractivity contribution >= 4 is 13.7 Å². The Hall–Kier alpha value is -1.80. The predicted octanol–water partition coefficient (Wildman–Crippen LogP) is 14.2. The predicted molar refractivity (Wildman–Crippen MR) is 258 cm³/mol. The molecule has 3 unspecified atom stereocenters. The molecule has 0 aliphatic heterocycles. The number of hydrogen-bond donors (Lipinski definition) is 3. The van der Waals surface area contributed by atoms with Gasteiger partial charge in [0.05, 0.1) is 39.9 Å². The van der Waals surface area contributed by atoms with E-state index in [9.17, 15) is 19.4 Å². The van der Waals surface area contributed by atoms with E-state index in [0.717, 1.165) is 64.2 Å². The van der Waals surface area contributed by atoms with Gasteiger partial charge in [-0.25, -0.2) is 4.57 Å². The van der Waals surface area contributed by atoms with Crippen molar-refractivity contribution in [1.82, 2.24) is 5.32 Å². The van der Waals surface area contributed by atoms with Gasteiger partial charge in [0, 0.05) is 6.42 Å². The standard InChI is InChI=1S/C51H95N2O6P/c1-6-8-10-12-14-16-18-20-21-22-23-24-25-26-27-28-29-30-31-33-34-36-38-40-42-44-50(54)49(48-59-60(56,57)58-47-46-53(3,4)5)52-51(55)45-43-41-39-37-35-32-19-17-15-13-11-9-7-2/h9,11,15,17,32,34-36,42,44,49-50,54H,6-8,10,12-14,16,18-31,33,37-41,43,45-48H2,1-5H3,(H-,52,55,56,57)/p+1/b11-9-,17-15-,35-32-,36-34+,44-42+. The summed E-state index contributed by atoms with van der Waals surface area (Å²) < 4.78 is 23.5. The van der Waals surface area contributed by atoms with Crippen LogP contribution in [0.3, 0.4) is 0 Å². The van der Waals surface area contributed by atoms with Gasteiger partial charge in [-0.2, -0.15) is 0 Å². The number of amides is 1. The molecule has 9 heteroatoms. The van der Waals surface area contributed by atoms with Crippen LogP contribution in [0, 0.1) is 0 Å². The largest absolute Gasteiger partial charge is 0.472 e. The normalized spacial score (nSPS) is 14.7. The summed E-state index contributed by atoms with van der Waals surface area (Å²) >= 11 is 0. The molecule has 0 aliphatic carbocycles. The number of carbonyl (C=O) groups excluding carboxylic acids is 1. The second kappa shape index (κ2) is 42.5. The molecule has 0 aromatic carbocycles. The van der Waals surface area contributed by atoms with Crippen LogP contribution in [0.1, 0.15) is 206 Å². The fourth-order valence-electron chi connectivity index (χ4n) is 6.84. The van der Waals surface area contributed by atoms with E-state index < -0.39 is 20.0 Å². The SMILES string of the molecule is CC/C=C\C/C=C\C/C=C\CCCCCC(=O)NC(COP(=O)(O)OCC[N+](C)(C)C)C(O)/C=C/CC/C=C/CCCCCCCCCCCCCCCCCCCCC. The molecule has 0 saturated carbocycles. The number of hydrogen-bond acceptors (Lipinski definition) is 5. The van der Waals surface area contributed by atoms with Crippen molar-refractivity contribution in [2.45, 2.75) is 219 Å². The highest BCUT2D eigenvalue weighted by Crippen LogP contribution is 2.43. The minimum atomic E-state index is -4.36. The number of aliphatic hydroxyl groups is 1. The van der Waals surface area contributed by atoms with E-state index >= 15 is 0 Å². The first-order valence-corrected chi connectivity index (χ1v) is 26.2. The lowest BCUT2D eigenvalue weighted by Gasteiger charge is -2.25. The Morgan fingerprint density at radius 1 is 0.583 bits per heavy atom. The Bertz CT molecular complexity index is 1160. The molecule has 0 saturated heterocycles. The van der Waals surface area contributed by atoms with Crippen molar-refractivity contribution in [3.8, 4) is 0 Å². The topological polar surface area (TPSA) is 105 Å². The molecule has 350 valence electrons. The highest BCUT2D eigenvalue weighted by molar-refractivity contribution is 7.47. The maximum Gasteiger partial charge on any atom is 0.472 e. The molecule has 1 amide bonds. The summed E-state index contributed by atoms with van der Waals surface area (Å²) in [6, 6.07) is -0.880. The van der Waals surface area contributed by atoms with Gasteiger partial charge in [0.25, 0.3) is 0 Å². The average molecular weight is 864 g/mol. The molecule has 3 atom stereocenters. The van der Waals surface area contributed by atoms with Crippen molar-refractivity contribution in [2.24, 2.45) is 0 Å². The van der Waals surface area contributed by atoms with E-state index in [1.54, 1.807) is 6.08 Å². The summed E-state index contributed by atoms with van der Waals surface area (Å²) in [4.78, 5) is 23.1. The van der Waals surface area contributed by atoms with E-state index in [1.165, 1.54) is 122 Å². The van der Waals surface area contributed by atoms with Crippen molar-refractivity contribution in [1.29, 1.82) is 0 Å². The first kappa shape index (κ1) is 58.2. The van der Waals surface area contributed by atoms with Crippen LogP contribution >= 0.6 is 7.82 Å². The van der Waals surface area contributed by atoms with Crippen molar-refractivity contribution in [2.75, 3.05) is 40.9 Å². The van der Waals surface area contributed by atoms with E-state index in [2.05, 4.69) is 67.8 Å². The Kier molecular flexibility index (Phi) is 41.2. The zero-order valence-electron chi connectivity index (χ0n) is 39.7. The number of nitrogens with one attached hydrogen (secondary N) is 1. The summed E-state index contributed by atoms with van der Waals surface area (Å²) in [5, 5.41) is 13.8. The Labute approximate surface area is 371 Å². The molecule has 0 radical (unpaired) electrons. The van der Waals surface area contributed by atoms with Gasteiger partial charge in [-0.3, -0.25) is 13.8 Å². The molecule has 0 bridgehead atoms. The monoisotopic (exact) mass is 864 g/mol. The lowest BCUT2D eigenvalue weighted by molar-refractivity contribution is -0.870. The van der Waals surface area contributed by atoms with Crippen LogP contribution in [0.15, 0.2) is 60.8 Å². The lowest BCUT2D eigenvalue weighted by atomic mass is 10.0. The third-order valence-corrected chi connectivity index (χ3v) is 11.7. The number of rotatable bonds is 44. The first-order chi connectivity index (χ1) is 29.0. The van der Waals surface area contributed by atoms with Crippen LogP contribution in [0.5, 0.6) is 0 Å². The number of phosphoric acid groups is 1. The lowest BCUT2D eigenvalue weighted by Crippen LogP contribution is -2.45. The second-order valence-electron chi connectivity index (χ2n) is 17.8. The van der Waals surface area contributed by atoms with Gasteiger partial charge >= 0.3 is 7.82 Å². The van der Waals surface area contributed by atoms with Gasteiger partial charge in [0.1, 0.15) is 13.2 Å². The zero-order valence-corrected chi connectivity index (χ0v) is 40.6. The number of nitrogens with zero attached hydrogens (tertiary/aromatic N) is 1. The number of phosphoric ester groups is 1. The molecular weight excluding hydrogens is 768 g/mol. The summed E-state index contributed by atoms with van der Waals surface area (Å²) in [5.74, 6) is -0.217. The van der Waals surface area contributed by atoms with Crippen molar-refractivity contribution in [3.63, 3.8) is 0 Å². The highest BCUT2D eigenvalue weighted by atomic mass is 31.2. The van der Waals surface area contributed by atoms with Gasteiger partial charge in [-0.05, 0) is 64.2 Å². The summed E-state index contributed by atoms with van der Waals surface area (Å²) in [6.07, 6.45) is 56.1. The maximum atomic E-state index is 12.9. The van der Waals surface area contributed by atoms with Crippen molar-refractivity contribution < 1.29 is 32.9 Å². The van der Waals surface area contributed by atoms with E-state index in [1.807, 2.05) is 27.2 Å². The van der Waals surface area contributed by atoms with Gasteiger partial charge in [-0.15, -0.1) is 0 Å². The fourth-order valence-corrected chi connectivity index (χ4v) is 7.57. The first-order valence-electron chi connectivity index (χ1n) is 24.7. The van der Waals surface area contributed by atoms with Crippen molar-refractivity contribution in [3.05, 3.63) is 60.8 Å². The van der Waals surface area contributed by atoms with Crippen LogP contribution in [-0.2, 0) is 18.4 Å². The van der Waals surface area contributed by atoms with Crippen LogP contribution < -0.4 is 5.32 Å². The van der Waals surface area contributed by atoms with E-state index in [-0.39, 0.29) is 19.1 Å². The molecular formula is C51H96N2O6P+. The minimum Gasteiger partial charge on any atom is -0.387 e. The van der Waals surface area contributed by atoms with Gasteiger partial charge in [-0.1, -0.05) is 197 Å². The Morgan fingerprint density at radius 2 is 1.02 bits per heavy atom. The minimum absolute atomic E-state index is 0.0480. The Morgan fingerprint density at radius 3 is 1.53 bits per heavy atom. The molecule has 0 rings (SSSR count). The van der Waals surface area contributed by atoms with Crippen LogP contribution in [0.2, 0.25) is 0 Å². The number of carbonyl (C=O) groups is 1. The molecule has 0 aliphatic rings. The molecule has 0 aromatic heterocycles. The van der Waals surface area contributed by atoms with E-state index in [0.29, 0.717) is 17.4 Å². The van der Waals surface area contributed by atoms with E-state index in [4.69, 9.17) is 9.05 Å². The maximum absolute atomic E-state index is 12.9. The number of allylic oxidation sites excluding steroid dienone is 9. The smallest absolute Gasteiger partial charge is 0.387 e. The third kappa shape index (κ3) is 44.3. The number of unbranched alkanes of at least 4 members (excludes halogenated alkanes) is 23. The quantitative estimate of drug-likeness (QED) is 0.0244. The molecule has 8 nitrogen and oxygen atoms in total. The molecule has 60 heavy (non-hydrogen) atoms. The van der Waals surface area contributed by atoms with Crippen LogP contribution in [-0.4, -0.2) is 73.4 Å². The van der Waals surface area contributed by atoms with Gasteiger partial charge in [0.2, 0.25) is 5.91 Å². The number of aliphatic hydroxyl groups excluding tert-OH is 1. The second-order valence-corrected chi connectivity index (χ2v) is 19.3. The average Bonchev–Trinajstić information content (AvgIpc) is 3.20.